The van der Waals surface area contributed by atoms with Gasteiger partial charge in [-0.05, 0) is 62.6 Å². The highest BCUT2D eigenvalue weighted by atomic mass is 31.1. The highest BCUT2D eigenvalue weighted by molar-refractivity contribution is 7.76. The van der Waals surface area contributed by atoms with E-state index >= 15 is 0 Å². The van der Waals surface area contributed by atoms with Crippen LogP contribution in [0.2, 0.25) is 0 Å². The minimum absolute atomic E-state index is 0.423. The van der Waals surface area contributed by atoms with Crippen LogP contribution in [0, 0.1) is 6.92 Å². The van der Waals surface area contributed by atoms with Crippen LogP contribution in [0.25, 0.3) is 0 Å². The predicted molar refractivity (Wildman–Crippen MR) is 139 cm³/mol. The molecule has 0 heterocycles. The van der Waals surface area contributed by atoms with Crippen LogP contribution in [0.4, 0.5) is 0 Å². The molecule has 0 bridgehead atoms. The Kier molecular flexibility index (Phi) is 7.52. The second kappa shape index (κ2) is 10.7. The van der Waals surface area contributed by atoms with Crippen LogP contribution in [-0.4, -0.2) is 19.4 Å². The number of aryl methyl sites for hydroxylation is 1. The van der Waals surface area contributed by atoms with E-state index in [4.69, 9.17) is 4.74 Å². The summed E-state index contributed by atoms with van der Waals surface area (Å²) in [5.41, 5.74) is 1.39. The first-order valence-electron chi connectivity index (χ1n) is 10.6. The van der Waals surface area contributed by atoms with Gasteiger partial charge in [-0.15, -0.1) is 0 Å². The Morgan fingerprint density at radius 3 is 1.55 bits per heavy atom. The molecule has 0 N–H and O–H groups in total. The first-order chi connectivity index (χ1) is 15.3. The van der Waals surface area contributed by atoms with Crippen LogP contribution in [0.3, 0.4) is 0 Å². The highest BCUT2D eigenvalue weighted by Gasteiger charge is 2.22. The van der Waals surface area contributed by atoms with Crippen molar-refractivity contribution in [3.63, 3.8) is 0 Å². The van der Waals surface area contributed by atoms with E-state index in [0.29, 0.717) is 0 Å². The Hall–Kier alpha value is -2.46. The summed E-state index contributed by atoms with van der Waals surface area (Å²) in [5, 5.41) is 5.69. The number of para-hydroxylation sites is 1. The molecule has 1 nitrogen and oxygen atoms in total. The van der Waals surface area contributed by atoms with Crippen molar-refractivity contribution in [2.45, 2.75) is 6.92 Å². The summed E-state index contributed by atoms with van der Waals surface area (Å²) in [6, 6.07) is 39.4. The number of benzene rings is 4. The molecule has 0 spiro atoms. The van der Waals surface area contributed by atoms with Crippen LogP contribution >= 0.6 is 15.8 Å². The minimum Gasteiger partial charge on any atom is -0.496 e. The van der Waals surface area contributed by atoms with Gasteiger partial charge in [0.1, 0.15) is 5.75 Å². The van der Waals surface area contributed by atoms with Crippen molar-refractivity contribution in [3.8, 4) is 5.75 Å². The molecular formula is C28H28OP2. The highest BCUT2D eigenvalue weighted by Crippen LogP contribution is 2.43. The molecule has 0 aliphatic rings. The van der Waals surface area contributed by atoms with Crippen LogP contribution in [-0.2, 0) is 0 Å². The van der Waals surface area contributed by atoms with Gasteiger partial charge in [-0.3, -0.25) is 0 Å². The van der Waals surface area contributed by atoms with Crippen molar-refractivity contribution in [2.24, 2.45) is 0 Å². The molecule has 0 aliphatic carbocycles. The molecule has 0 saturated carbocycles. The number of rotatable bonds is 8. The minimum atomic E-state index is -0.509. The third kappa shape index (κ3) is 5.24. The van der Waals surface area contributed by atoms with E-state index in [-0.39, 0.29) is 0 Å². The van der Waals surface area contributed by atoms with Gasteiger partial charge in [0.2, 0.25) is 0 Å². The third-order valence-corrected chi connectivity index (χ3v) is 11.0. The van der Waals surface area contributed by atoms with Crippen LogP contribution in [0.15, 0.2) is 109 Å². The summed E-state index contributed by atoms with van der Waals surface area (Å²) < 4.78 is 5.76. The molecule has 0 fully saturated rings. The van der Waals surface area contributed by atoms with Gasteiger partial charge in [0.05, 0.1) is 7.11 Å². The van der Waals surface area contributed by atoms with E-state index in [9.17, 15) is 0 Å². The second-order valence-corrected chi connectivity index (χ2v) is 12.0. The molecule has 2 atom stereocenters. The first kappa shape index (κ1) is 21.8. The Labute approximate surface area is 188 Å². The molecule has 0 amide bonds. The fraction of sp³-hybridized carbons (Fsp3) is 0.143. The van der Waals surface area contributed by atoms with E-state index in [0.717, 1.165) is 18.1 Å². The molecule has 156 valence electrons. The fourth-order valence-corrected chi connectivity index (χ4v) is 9.59. The Bertz CT molecular complexity index is 1100. The van der Waals surface area contributed by atoms with Gasteiger partial charge >= 0.3 is 0 Å². The van der Waals surface area contributed by atoms with Gasteiger partial charge in [0.25, 0.3) is 0 Å². The maximum absolute atomic E-state index is 5.76. The normalized spacial score (nSPS) is 12.8. The molecule has 0 saturated heterocycles. The Morgan fingerprint density at radius 1 is 0.548 bits per heavy atom. The zero-order chi connectivity index (χ0) is 21.5. The quantitative estimate of drug-likeness (QED) is 0.324. The zero-order valence-corrected chi connectivity index (χ0v) is 19.9. The third-order valence-electron chi connectivity index (χ3n) is 5.47. The van der Waals surface area contributed by atoms with Gasteiger partial charge in [-0.2, -0.15) is 0 Å². The monoisotopic (exact) mass is 442 g/mol. The molecule has 1 unspecified atom stereocenters. The summed E-state index contributed by atoms with van der Waals surface area (Å²) in [4.78, 5) is 0. The molecule has 3 heteroatoms. The largest absolute Gasteiger partial charge is 0.496 e. The Balaban J connectivity index is 1.71. The lowest BCUT2D eigenvalue weighted by molar-refractivity contribution is 0.418. The molecule has 31 heavy (non-hydrogen) atoms. The van der Waals surface area contributed by atoms with E-state index in [1.807, 2.05) is 0 Å². The number of ether oxygens (including phenoxy) is 1. The van der Waals surface area contributed by atoms with Gasteiger partial charge in [-0.25, -0.2) is 0 Å². The van der Waals surface area contributed by atoms with Crippen LogP contribution < -0.4 is 26.0 Å². The summed E-state index contributed by atoms with van der Waals surface area (Å²) in [7, 11) is 0.847. The van der Waals surface area contributed by atoms with Crippen LogP contribution in [0.1, 0.15) is 5.56 Å². The summed E-state index contributed by atoms with van der Waals surface area (Å²) >= 11 is 0. The summed E-state index contributed by atoms with van der Waals surface area (Å²) in [6.07, 6.45) is 2.29. The second-order valence-electron chi connectivity index (χ2n) is 7.43. The van der Waals surface area contributed by atoms with E-state index in [1.165, 1.54) is 26.8 Å². The molecule has 4 aromatic rings. The lowest BCUT2D eigenvalue weighted by Crippen LogP contribution is -2.21. The number of hydrogen-bond acceptors (Lipinski definition) is 1. The zero-order valence-electron chi connectivity index (χ0n) is 18.1. The standard InChI is InChI=1S/C28H28OP2/c1-23-13-9-11-19-27(23)30(24-14-5-3-6-15-24)21-22-31(25-16-7-4-8-17-25)28-20-12-10-18-26(28)29-2/h3-20H,21-22H2,1-2H3/t30?,31-/m1/s1. The van der Waals surface area contributed by atoms with Crippen molar-refractivity contribution < 1.29 is 4.74 Å². The van der Waals surface area contributed by atoms with E-state index < -0.39 is 15.8 Å². The molecule has 4 rings (SSSR count). The average Bonchev–Trinajstić information content (AvgIpc) is 2.84. The fourth-order valence-electron chi connectivity index (χ4n) is 3.91. The van der Waals surface area contributed by atoms with Crippen molar-refractivity contribution in [1.82, 2.24) is 0 Å². The molecule has 0 radical (unpaired) electrons. The van der Waals surface area contributed by atoms with Crippen molar-refractivity contribution in [3.05, 3.63) is 115 Å². The van der Waals surface area contributed by atoms with Crippen molar-refractivity contribution in [1.29, 1.82) is 0 Å². The molecule has 0 aromatic heterocycles. The van der Waals surface area contributed by atoms with Crippen molar-refractivity contribution >= 4 is 37.1 Å². The molecule has 0 aliphatic heterocycles. The maximum Gasteiger partial charge on any atom is 0.126 e. The van der Waals surface area contributed by atoms with Crippen molar-refractivity contribution in [2.75, 3.05) is 19.4 Å². The summed E-state index contributed by atoms with van der Waals surface area (Å²) in [6.45, 7) is 2.24. The predicted octanol–water partition coefficient (Wildman–Crippen LogP) is 5.57. The van der Waals surface area contributed by atoms with Crippen LogP contribution in [0.5, 0.6) is 5.75 Å². The number of methoxy groups -OCH3 is 1. The van der Waals surface area contributed by atoms with Gasteiger partial charge < -0.3 is 4.74 Å². The smallest absolute Gasteiger partial charge is 0.126 e. The maximum atomic E-state index is 5.76. The SMILES string of the molecule is COc1ccccc1[P@](CCP(c1ccccc1)c1ccccc1C)c1ccccc1. The lowest BCUT2D eigenvalue weighted by Gasteiger charge is -2.25. The Morgan fingerprint density at radius 2 is 1.00 bits per heavy atom. The average molecular weight is 442 g/mol. The van der Waals surface area contributed by atoms with E-state index in [1.54, 1.807) is 7.11 Å². The molecular weight excluding hydrogens is 414 g/mol. The topological polar surface area (TPSA) is 9.23 Å². The van der Waals surface area contributed by atoms with E-state index in [2.05, 4.69) is 116 Å². The summed E-state index contributed by atoms with van der Waals surface area (Å²) in [5.74, 6) is 0.998. The lowest BCUT2D eigenvalue weighted by atomic mass is 10.2. The van der Waals surface area contributed by atoms with Gasteiger partial charge in [0.15, 0.2) is 0 Å². The number of hydrogen-bond donors (Lipinski definition) is 0. The van der Waals surface area contributed by atoms with Gasteiger partial charge in [0, 0.05) is 5.30 Å². The first-order valence-corrected chi connectivity index (χ1v) is 13.7. The molecule has 4 aromatic carbocycles. The van der Waals surface area contributed by atoms with Gasteiger partial charge in [-0.1, -0.05) is 103 Å².